The molecule has 0 aromatic heterocycles. The molecule has 0 heterocycles. The molecular weight excluding hydrogens is 244 g/mol. The molecule has 0 aliphatic heterocycles. The molecule has 98 valence electrons. The van der Waals surface area contributed by atoms with Gasteiger partial charge in [0, 0.05) is 25.0 Å². The molecule has 0 unspecified atom stereocenters. The van der Waals surface area contributed by atoms with Crippen LogP contribution in [0.3, 0.4) is 0 Å². The van der Waals surface area contributed by atoms with E-state index in [2.05, 4.69) is 35.8 Å². The Morgan fingerprint density at radius 1 is 1.39 bits per heavy atom. The minimum atomic E-state index is 0.0239. The Morgan fingerprint density at radius 3 is 2.61 bits per heavy atom. The summed E-state index contributed by atoms with van der Waals surface area (Å²) in [7, 11) is 1.84. The van der Waals surface area contributed by atoms with Gasteiger partial charge in [0.25, 0.3) is 0 Å². The van der Waals surface area contributed by atoms with Gasteiger partial charge in [-0.2, -0.15) is 0 Å². The van der Waals surface area contributed by atoms with Crippen molar-refractivity contribution in [3.63, 3.8) is 0 Å². The summed E-state index contributed by atoms with van der Waals surface area (Å²) in [5.74, 6) is 0.725. The van der Waals surface area contributed by atoms with E-state index in [0.717, 1.165) is 18.0 Å². The van der Waals surface area contributed by atoms with E-state index in [1.54, 1.807) is 16.7 Å². The van der Waals surface area contributed by atoms with Crippen molar-refractivity contribution in [2.24, 2.45) is 5.92 Å². The van der Waals surface area contributed by atoms with Crippen LogP contribution in [0, 0.1) is 5.92 Å². The van der Waals surface area contributed by atoms with Gasteiger partial charge in [0.1, 0.15) is 0 Å². The van der Waals surface area contributed by atoms with Crippen molar-refractivity contribution in [3.8, 4) is 0 Å². The van der Waals surface area contributed by atoms with Crippen LogP contribution in [0.2, 0.25) is 0 Å². The summed E-state index contributed by atoms with van der Waals surface area (Å²) >= 11 is 1.73. The summed E-state index contributed by atoms with van der Waals surface area (Å²) < 4.78 is 0. The fourth-order valence-corrected chi connectivity index (χ4v) is 2.17. The van der Waals surface area contributed by atoms with Crippen molar-refractivity contribution >= 4 is 17.8 Å². The molecule has 1 fully saturated rings. The van der Waals surface area contributed by atoms with Gasteiger partial charge in [0.05, 0.1) is 0 Å². The van der Waals surface area contributed by atoms with Crippen molar-refractivity contribution in [2.45, 2.75) is 24.3 Å². The number of nitrogens with zero attached hydrogens (tertiary/aromatic N) is 1. The maximum absolute atomic E-state index is 11.8. The fraction of sp³-hybridized carbons (Fsp3) is 0.500. The lowest BCUT2D eigenvalue weighted by Gasteiger charge is -2.18. The first kappa shape index (κ1) is 13.3. The molecule has 0 atom stereocenters. The van der Waals surface area contributed by atoms with Crippen LogP contribution in [0.25, 0.3) is 0 Å². The summed E-state index contributed by atoms with van der Waals surface area (Å²) in [4.78, 5) is 14.8. The molecule has 3 nitrogen and oxygen atoms in total. The number of rotatable bonds is 5. The van der Waals surface area contributed by atoms with E-state index in [0.29, 0.717) is 6.54 Å². The first-order valence-electron chi connectivity index (χ1n) is 6.31. The molecule has 0 spiro atoms. The first-order chi connectivity index (χ1) is 8.69. The Hall–Kier alpha value is -1.16. The molecule has 1 aliphatic rings. The number of carbonyl (C=O) groups is 1. The van der Waals surface area contributed by atoms with Crippen LogP contribution in [-0.2, 0) is 6.54 Å². The van der Waals surface area contributed by atoms with Gasteiger partial charge in [0.2, 0.25) is 0 Å². The zero-order valence-corrected chi connectivity index (χ0v) is 11.8. The van der Waals surface area contributed by atoms with Gasteiger partial charge in [-0.05, 0) is 42.7 Å². The Bertz CT molecular complexity index is 401. The van der Waals surface area contributed by atoms with E-state index in [1.807, 2.05) is 7.05 Å². The molecule has 1 aliphatic carbocycles. The van der Waals surface area contributed by atoms with Gasteiger partial charge in [-0.15, -0.1) is 11.8 Å². The molecule has 2 rings (SSSR count). The summed E-state index contributed by atoms with van der Waals surface area (Å²) in [5.41, 5.74) is 1.16. The van der Waals surface area contributed by atoms with Crippen LogP contribution in [0.15, 0.2) is 29.2 Å². The maximum Gasteiger partial charge on any atom is 0.317 e. The minimum absolute atomic E-state index is 0.0239. The molecule has 0 saturated heterocycles. The molecule has 2 amide bonds. The number of benzene rings is 1. The molecule has 4 heteroatoms. The second kappa shape index (κ2) is 6.14. The van der Waals surface area contributed by atoms with Crippen molar-refractivity contribution in [3.05, 3.63) is 29.8 Å². The molecule has 1 saturated carbocycles. The van der Waals surface area contributed by atoms with Crippen molar-refractivity contribution in [1.82, 2.24) is 10.2 Å². The number of thioether (sulfide) groups is 1. The van der Waals surface area contributed by atoms with Crippen LogP contribution in [0.4, 0.5) is 4.79 Å². The van der Waals surface area contributed by atoms with E-state index in [4.69, 9.17) is 0 Å². The van der Waals surface area contributed by atoms with Crippen molar-refractivity contribution in [1.29, 1.82) is 0 Å². The highest BCUT2D eigenvalue weighted by Crippen LogP contribution is 2.27. The fourth-order valence-electron chi connectivity index (χ4n) is 1.77. The van der Waals surface area contributed by atoms with Crippen molar-refractivity contribution in [2.75, 3.05) is 19.8 Å². The second-order valence-electron chi connectivity index (χ2n) is 4.83. The predicted molar refractivity (Wildman–Crippen MR) is 75.8 cm³/mol. The van der Waals surface area contributed by atoms with Gasteiger partial charge in [-0.25, -0.2) is 4.79 Å². The Balaban J connectivity index is 1.80. The number of hydrogen-bond acceptors (Lipinski definition) is 2. The molecule has 0 bridgehead atoms. The first-order valence-corrected chi connectivity index (χ1v) is 7.53. The van der Waals surface area contributed by atoms with Gasteiger partial charge in [-0.3, -0.25) is 0 Å². The largest absolute Gasteiger partial charge is 0.338 e. The summed E-state index contributed by atoms with van der Waals surface area (Å²) in [6.07, 6.45) is 4.59. The van der Waals surface area contributed by atoms with E-state index >= 15 is 0 Å². The normalized spacial score (nSPS) is 14.3. The molecular formula is C14H20N2OS. The third-order valence-electron chi connectivity index (χ3n) is 3.16. The lowest BCUT2D eigenvalue weighted by molar-refractivity contribution is 0.206. The quantitative estimate of drug-likeness (QED) is 0.829. The lowest BCUT2D eigenvalue weighted by atomic mass is 10.2. The zero-order chi connectivity index (χ0) is 13.0. The second-order valence-corrected chi connectivity index (χ2v) is 5.71. The molecule has 1 N–H and O–H groups in total. The SMILES string of the molecule is CSc1ccc(CN(C)C(=O)NCC2CC2)cc1. The van der Waals surface area contributed by atoms with Crippen LogP contribution < -0.4 is 5.32 Å². The predicted octanol–water partition coefficient (Wildman–Crippen LogP) is 2.96. The van der Waals surface area contributed by atoms with Crippen molar-refractivity contribution < 1.29 is 4.79 Å². The average Bonchev–Trinajstić information content (AvgIpc) is 3.21. The van der Waals surface area contributed by atoms with E-state index in [1.165, 1.54) is 17.7 Å². The van der Waals surface area contributed by atoms with E-state index in [9.17, 15) is 4.79 Å². The number of carbonyl (C=O) groups excluding carboxylic acids is 1. The van der Waals surface area contributed by atoms with E-state index < -0.39 is 0 Å². The topological polar surface area (TPSA) is 32.3 Å². The monoisotopic (exact) mass is 264 g/mol. The minimum Gasteiger partial charge on any atom is -0.338 e. The standard InChI is InChI=1S/C14H20N2OS/c1-16(14(17)15-9-11-3-4-11)10-12-5-7-13(18-2)8-6-12/h5-8,11H,3-4,9-10H2,1-2H3,(H,15,17). The number of nitrogens with one attached hydrogen (secondary N) is 1. The van der Waals surface area contributed by atoms with E-state index in [-0.39, 0.29) is 6.03 Å². The highest BCUT2D eigenvalue weighted by atomic mass is 32.2. The summed E-state index contributed by atoms with van der Waals surface area (Å²) in [6.45, 7) is 1.49. The average molecular weight is 264 g/mol. The van der Waals surface area contributed by atoms with Gasteiger partial charge in [-0.1, -0.05) is 12.1 Å². The lowest BCUT2D eigenvalue weighted by Crippen LogP contribution is -2.37. The molecule has 1 aromatic rings. The number of urea groups is 1. The molecule has 18 heavy (non-hydrogen) atoms. The third kappa shape index (κ3) is 3.95. The Morgan fingerprint density at radius 2 is 2.06 bits per heavy atom. The Labute approximate surface area is 113 Å². The summed E-state index contributed by atoms with van der Waals surface area (Å²) in [5, 5.41) is 2.97. The van der Waals surface area contributed by atoms with Crippen LogP contribution in [0.1, 0.15) is 18.4 Å². The van der Waals surface area contributed by atoms with Gasteiger partial charge < -0.3 is 10.2 Å². The number of hydrogen-bond donors (Lipinski definition) is 1. The Kier molecular flexibility index (Phi) is 4.53. The molecule has 0 radical (unpaired) electrons. The highest BCUT2D eigenvalue weighted by molar-refractivity contribution is 7.98. The van der Waals surface area contributed by atoms with Crippen LogP contribution in [0.5, 0.6) is 0 Å². The van der Waals surface area contributed by atoms with Gasteiger partial charge >= 0.3 is 6.03 Å². The van der Waals surface area contributed by atoms with Gasteiger partial charge in [0.15, 0.2) is 0 Å². The smallest absolute Gasteiger partial charge is 0.317 e. The maximum atomic E-state index is 11.8. The summed E-state index contributed by atoms with van der Waals surface area (Å²) in [6, 6.07) is 8.37. The number of amides is 2. The zero-order valence-electron chi connectivity index (χ0n) is 11.0. The van der Waals surface area contributed by atoms with Crippen LogP contribution in [-0.4, -0.2) is 30.8 Å². The third-order valence-corrected chi connectivity index (χ3v) is 3.91. The highest BCUT2D eigenvalue weighted by Gasteiger charge is 2.22. The molecule has 1 aromatic carbocycles. The van der Waals surface area contributed by atoms with Crippen LogP contribution >= 0.6 is 11.8 Å².